The number of allylic oxidation sites excluding steroid dienone is 2. The average Bonchev–Trinajstić information content (AvgIpc) is 2.93. The number of hydrogen-bond acceptors (Lipinski definition) is 1. The Morgan fingerprint density at radius 3 is 2.59 bits per heavy atom. The third-order valence-electron chi connectivity index (χ3n) is 5.44. The second-order valence-electron chi connectivity index (χ2n) is 7.50. The van der Waals surface area contributed by atoms with Gasteiger partial charge in [0.25, 0.3) is 0 Å². The van der Waals surface area contributed by atoms with Gasteiger partial charge in [-0.3, -0.25) is 0 Å². The number of nitrogens with one attached hydrogen (secondary N) is 1. The van der Waals surface area contributed by atoms with Gasteiger partial charge in [-0.05, 0) is 62.2 Å². The quantitative estimate of drug-likeness (QED) is 0.732. The molecule has 0 saturated heterocycles. The molecule has 17 heavy (non-hydrogen) atoms. The van der Waals surface area contributed by atoms with Gasteiger partial charge in [0.2, 0.25) is 0 Å². The van der Waals surface area contributed by atoms with E-state index in [4.69, 9.17) is 0 Å². The van der Waals surface area contributed by atoms with Gasteiger partial charge in [0.05, 0.1) is 0 Å². The van der Waals surface area contributed by atoms with Crippen LogP contribution in [0.1, 0.15) is 52.9 Å². The molecular formula is C16H27N. The molecule has 0 radical (unpaired) electrons. The van der Waals surface area contributed by atoms with Crippen molar-refractivity contribution in [2.75, 3.05) is 0 Å². The fourth-order valence-electron chi connectivity index (χ4n) is 4.47. The van der Waals surface area contributed by atoms with E-state index in [1.54, 1.807) is 0 Å². The van der Waals surface area contributed by atoms with Gasteiger partial charge in [-0.2, -0.15) is 0 Å². The predicted octanol–water partition coefficient (Wildman–Crippen LogP) is 3.76. The first-order valence-corrected chi connectivity index (χ1v) is 7.48. The monoisotopic (exact) mass is 233 g/mol. The van der Waals surface area contributed by atoms with Gasteiger partial charge in [-0.1, -0.05) is 26.0 Å². The summed E-state index contributed by atoms with van der Waals surface area (Å²) in [5.74, 6) is 2.71. The Bertz CT molecular complexity index is 317. The van der Waals surface area contributed by atoms with Crippen molar-refractivity contribution in [3.63, 3.8) is 0 Å². The zero-order valence-electron chi connectivity index (χ0n) is 11.6. The molecule has 96 valence electrons. The van der Waals surface area contributed by atoms with Crippen LogP contribution in [-0.4, -0.2) is 12.1 Å². The summed E-state index contributed by atoms with van der Waals surface area (Å²) in [5.41, 5.74) is 0.575. The van der Waals surface area contributed by atoms with Crippen molar-refractivity contribution in [3.05, 3.63) is 12.2 Å². The Morgan fingerprint density at radius 1 is 1.24 bits per heavy atom. The molecule has 5 atom stereocenters. The Labute approximate surface area is 106 Å². The minimum Gasteiger partial charge on any atom is -0.311 e. The summed E-state index contributed by atoms with van der Waals surface area (Å²) in [4.78, 5) is 0. The van der Waals surface area contributed by atoms with E-state index in [1.807, 2.05) is 0 Å². The van der Waals surface area contributed by atoms with Gasteiger partial charge >= 0.3 is 0 Å². The van der Waals surface area contributed by atoms with Crippen molar-refractivity contribution in [1.82, 2.24) is 5.32 Å². The van der Waals surface area contributed by atoms with Crippen molar-refractivity contribution in [1.29, 1.82) is 0 Å². The molecule has 0 aromatic rings. The largest absolute Gasteiger partial charge is 0.311 e. The highest BCUT2D eigenvalue weighted by Gasteiger charge is 2.40. The fourth-order valence-corrected chi connectivity index (χ4v) is 4.47. The number of rotatable bonds is 3. The SMILES string of the molecule is CC(NC1CCC(C)(C)C1)C1CC2C=CC1C2. The molecule has 0 aromatic heterocycles. The summed E-state index contributed by atoms with van der Waals surface area (Å²) in [6.07, 6.45) is 12.0. The van der Waals surface area contributed by atoms with Crippen LogP contribution in [0.3, 0.4) is 0 Å². The molecule has 0 heterocycles. The molecule has 1 N–H and O–H groups in total. The normalized spacial score (nSPS) is 44.4. The van der Waals surface area contributed by atoms with Crippen LogP contribution < -0.4 is 5.32 Å². The number of fused-ring (bicyclic) bond motifs is 2. The first-order valence-electron chi connectivity index (χ1n) is 7.48. The number of hydrogen-bond donors (Lipinski definition) is 1. The lowest BCUT2D eigenvalue weighted by atomic mass is 9.87. The lowest BCUT2D eigenvalue weighted by Gasteiger charge is -2.29. The predicted molar refractivity (Wildman–Crippen MR) is 72.9 cm³/mol. The molecule has 0 spiro atoms. The molecule has 1 nitrogen and oxygen atoms in total. The third-order valence-corrected chi connectivity index (χ3v) is 5.44. The average molecular weight is 233 g/mol. The highest BCUT2D eigenvalue weighted by atomic mass is 15.0. The Kier molecular flexibility index (Phi) is 2.85. The molecule has 3 rings (SSSR count). The minimum atomic E-state index is 0.575. The van der Waals surface area contributed by atoms with Crippen LogP contribution in [-0.2, 0) is 0 Å². The zero-order valence-corrected chi connectivity index (χ0v) is 11.6. The molecule has 2 fully saturated rings. The second-order valence-corrected chi connectivity index (χ2v) is 7.50. The topological polar surface area (TPSA) is 12.0 Å². The van der Waals surface area contributed by atoms with E-state index in [-0.39, 0.29) is 0 Å². The van der Waals surface area contributed by atoms with Crippen molar-refractivity contribution < 1.29 is 0 Å². The molecule has 3 aliphatic carbocycles. The van der Waals surface area contributed by atoms with Crippen molar-refractivity contribution >= 4 is 0 Å². The smallest absolute Gasteiger partial charge is 0.00754 e. The van der Waals surface area contributed by atoms with E-state index in [1.165, 1.54) is 32.1 Å². The minimum absolute atomic E-state index is 0.575. The molecule has 1 heteroatoms. The molecule has 0 amide bonds. The van der Waals surface area contributed by atoms with Gasteiger partial charge < -0.3 is 5.32 Å². The second kappa shape index (κ2) is 4.12. The van der Waals surface area contributed by atoms with Gasteiger partial charge in [0.1, 0.15) is 0 Å². The highest BCUT2D eigenvalue weighted by molar-refractivity contribution is 5.11. The van der Waals surface area contributed by atoms with E-state index in [9.17, 15) is 0 Å². The van der Waals surface area contributed by atoms with Crippen LogP contribution >= 0.6 is 0 Å². The van der Waals surface area contributed by atoms with Gasteiger partial charge in [-0.15, -0.1) is 0 Å². The van der Waals surface area contributed by atoms with E-state index in [0.29, 0.717) is 11.5 Å². The first-order chi connectivity index (χ1) is 8.03. The molecule has 0 aliphatic heterocycles. The van der Waals surface area contributed by atoms with Crippen molar-refractivity contribution in [2.45, 2.75) is 65.0 Å². The lowest BCUT2D eigenvalue weighted by molar-refractivity contribution is 0.288. The first kappa shape index (κ1) is 11.8. The lowest BCUT2D eigenvalue weighted by Crippen LogP contribution is -2.41. The summed E-state index contributed by atoms with van der Waals surface area (Å²) in [6.45, 7) is 7.25. The molecular weight excluding hydrogens is 206 g/mol. The van der Waals surface area contributed by atoms with Gasteiger partial charge in [0.15, 0.2) is 0 Å². The Morgan fingerprint density at radius 2 is 2.06 bits per heavy atom. The van der Waals surface area contributed by atoms with Gasteiger partial charge in [0, 0.05) is 12.1 Å². The maximum Gasteiger partial charge on any atom is 0.00754 e. The highest BCUT2D eigenvalue weighted by Crippen LogP contribution is 2.45. The third kappa shape index (κ3) is 2.31. The molecule has 0 aromatic carbocycles. The van der Waals surface area contributed by atoms with Crippen LogP contribution in [0.4, 0.5) is 0 Å². The zero-order chi connectivity index (χ0) is 12.0. The van der Waals surface area contributed by atoms with E-state index < -0.39 is 0 Å². The summed E-state index contributed by atoms with van der Waals surface area (Å²) < 4.78 is 0. The van der Waals surface area contributed by atoms with E-state index in [2.05, 4.69) is 38.2 Å². The summed E-state index contributed by atoms with van der Waals surface area (Å²) in [7, 11) is 0. The van der Waals surface area contributed by atoms with Crippen LogP contribution in [0.2, 0.25) is 0 Å². The molecule has 5 unspecified atom stereocenters. The van der Waals surface area contributed by atoms with Crippen LogP contribution in [0.15, 0.2) is 12.2 Å². The molecule has 3 aliphatic rings. The maximum absolute atomic E-state index is 3.93. The van der Waals surface area contributed by atoms with E-state index >= 15 is 0 Å². The summed E-state index contributed by atoms with van der Waals surface area (Å²) >= 11 is 0. The van der Waals surface area contributed by atoms with Crippen LogP contribution in [0.5, 0.6) is 0 Å². The Hall–Kier alpha value is -0.300. The van der Waals surface area contributed by atoms with Crippen molar-refractivity contribution in [2.24, 2.45) is 23.2 Å². The summed E-state index contributed by atoms with van der Waals surface area (Å²) in [5, 5.41) is 3.93. The molecule has 2 saturated carbocycles. The summed E-state index contributed by atoms with van der Waals surface area (Å²) in [6, 6.07) is 1.50. The van der Waals surface area contributed by atoms with E-state index in [0.717, 1.165) is 23.8 Å². The van der Waals surface area contributed by atoms with Crippen molar-refractivity contribution in [3.8, 4) is 0 Å². The standard InChI is InChI=1S/C16H27N/c1-11(15-9-12-4-5-13(15)8-12)17-14-6-7-16(2,3)10-14/h4-5,11-15,17H,6-10H2,1-3H3. The molecule has 2 bridgehead atoms. The fraction of sp³-hybridized carbons (Fsp3) is 0.875. The van der Waals surface area contributed by atoms with Crippen LogP contribution in [0.25, 0.3) is 0 Å². The van der Waals surface area contributed by atoms with Crippen LogP contribution in [0, 0.1) is 23.2 Å². The van der Waals surface area contributed by atoms with Gasteiger partial charge in [-0.25, -0.2) is 0 Å². The Balaban J connectivity index is 1.54. The maximum atomic E-state index is 3.93.